The lowest BCUT2D eigenvalue weighted by Crippen LogP contribution is -2.42. The van der Waals surface area contributed by atoms with E-state index in [1.54, 1.807) is 28.0 Å². The van der Waals surface area contributed by atoms with E-state index in [-0.39, 0.29) is 11.9 Å². The Kier molecular flexibility index (Phi) is 4.29. The molecule has 1 unspecified atom stereocenters. The summed E-state index contributed by atoms with van der Waals surface area (Å²) in [6, 6.07) is 2.06. The van der Waals surface area contributed by atoms with E-state index in [1.165, 1.54) is 5.56 Å². The number of rotatable bonds is 3. The Balaban J connectivity index is 1.91. The molecule has 6 heteroatoms. The summed E-state index contributed by atoms with van der Waals surface area (Å²) < 4.78 is 1.11. The summed E-state index contributed by atoms with van der Waals surface area (Å²) in [4.78, 5) is 13.8. The minimum absolute atomic E-state index is 0.00271. The van der Waals surface area contributed by atoms with Crippen molar-refractivity contribution in [2.75, 3.05) is 18.7 Å². The highest BCUT2D eigenvalue weighted by Crippen LogP contribution is 2.22. The second kappa shape index (κ2) is 5.53. The van der Waals surface area contributed by atoms with Crippen molar-refractivity contribution in [3.63, 3.8) is 0 Å². The fraction of sp³-hybridized carbons (Fsp3) is 0.500. The van der Waals surface area contributed by atoms with Crippen LogP contribution in [0.15, 0.2) is 15.2 Å². The van der Waals surface area contributed by atoms with Gasteiger partial charge in [-0.15, -0.1) is 23.1 Å². The number of amides is 1. The van der Waals surface area contributed by atoms with E-state index in [1.807, 2.05) is 7.05 Å². The minimum Gasteiger partial charge on any atom is -0.340 e. The number of thioether (sulfide) groups is 1. The van der Waals surface area contributed by atoms with Crippen molar-refractivity contribution in [2.45, 2.75) is 12.6 Å². The molecule has 1 N–H and O–H groups in total. The van der Waals surface area contributed by atoms with Crippen molar-refractivity contribution in [2.24, 2.45) is 0 Å². The molecule has 1 aliphatic heterocycles. The van der Waals surface area contributed by atoms with Crippen LogP contribution in [0.25, 0.3) is 0 Å². The highest BCUT2D eigenvalue weighted by atomic mass is 79.9. The number of nitrogens with zero attached hydrogens (tertiary/aromatic N) is 1. The summed E-state index contributed by atoms with van der Waals surface area (Å²) in [7, 11) is 1.86. The average Bonchev–Trinajstić information content (AvgIpc) is 2.88. The van der Waals surface area contributed by atoms with Gasteiger partial charge in [0.2, 0.25) is 5.91 Å². The Labute approximate surface area is 112 Å². The van der Waals surface area contributed by atoms with Crippen molar-refractivity contribution in [1.82, 2.24) is 10.2 Å². The SMILES string of the molecule is CN(Cc1csc(Br)c1)C(=O)C1CSCN1. The molecule has 1 amide bonds. The Morgan fingerprint density at radius 1 is 1.75 bits per heavy atom. The van der Waals surface area contributed by atoms with Gasteiger partial charge in [0.15, 0.2) is 0 Å². The van der Waals surface area contributed by atoms with Crippen molar-refractivity contribution in [3.8, 4) is 0 Å². The number of hydrogen-bond donors (Lipinski definition) is 1. The molecule has 1 aliphatic rings. The molecule has 0 saturated carbocycles. The number of hydrogen-bond acceptors (Lipinski definition) is 4. The van der Waals surface area contributed by atoms with E-state index in [9.17, 15) is 4.79 Å². The topological polar surface area (TPSA) is 32.3 Å². The molecule has 1 saturated heterocycles. The van der Waals surface area contributed by atoms with Gasteiger partial charge in [0.25, 0.3) is 0 Å². The van der Waals surface area contributed by atoms with Crippen molar-refractivity contribution < 1.29 is 4.79 Å². The van der Waals surface area contributed by atoms with E-state index in [0.717, 1.165) is 15.4 Å². The zero-order valence-electron chi connectivity index (χ0n) is 8.90. The molecule has 3 nitrogen and oxygen atoms in total. The van der Waals surface area contributed by atoms with Crippen LogP contribution in [0.4, 0.5) is 0 Å². The predicted molar refractivity (Wildman–Crippen MR) is 72.7 cm³/mol. The van der Waals surface area contributed by atoms with E-state index in [0.29, 0.717) is 6.54 Å². The van der Waals surface area contributed by atoms with Crippen LogP contribution in [0.2, 0.25) is 0 Å². The molecular formula is C10H13BrN2OS2. The first kappa shape index (κ1) is 12.4. The van der Waals surface area contributed by atoms with Crippen LogP contribution in [-0.4, -0.2) is 35.5 Å². The number of halogens is 1. The monoisotopic (exact) mass is 320 g/mol. The Bertz CT molecular complexity index is 377. The molecule has 16 heavy (non-hydrogen) atoms. The lowest BCUT2D eigenvalue weighted by Gasteiger charge is -2.20. The molecule has 1 aromatic heterocycles. The van der Waals surface area contributed by atoms with Gasteiger partial charge in [-0.25, -0.2) is 0 Å². The van der Waals surface area contributed by atoms with E-state index in [2.05, 4.69) is 32.7 Å². The number of carbonyl (C=O) groups is 1. The number of nitrogens with one attached hydrogen (secondary N) is 1. The van der Waals surface area contributed by atoms with Gasteiger partial charge in [0.05, 0.1) is 9.83 Å². The van der Waals surface area contributed by atoms with Gasteiger partial charge in [-0.3, -0.25) is 10.1 Å². The van der Waals surface area contributed by atoms with Crippen LogP contribution in [0.1, 0.15) is 5.56 Å². The van der Waals surface area contributed by atoms with Crippen LogP contribution < -0.4 is 5.32 Å². The molecule has 1 atom stereocenters. The van der Waals surface area contributed by atoms with Gasteiger partial charge < -0.3 is 4.90 Å². The molecule has 1 fully saturated rings. The number of thiophene rings is 1. The molecule has 0 aromatic carbocycles. The number of carbonyl (C=O) groups excluding carboxylic acids is 1. The largest absolute Gasteiger partial charge is 0.340 e. The van der Waals surface area contributed by atoms with Gasteiger partial charge in [0.1, 0.15) is 0 Å². The van der Waals surface area contributed by atoms with Gasteiger partial charge in [-0.1, -0.05) is 0 Å². The van der Waals surface area contributed by atoms with Crippen LogP contribution in [-0.2, 0) is 11.3 Å². The summed E-state index contributed by atoms with van der Waals surface area (Å²) >= 11 is 6.85. The third-order valence-electron chi connectivity index (χ3n) is 2.43. The Morgan fingerprint density at radius 2 is 2.56 bits per heavy atom. The van der Waals surface area contributed by atoms with Crippen LogP contribution in [0.5, 0.6) is 0 Å². The average molecular weight is 321 g/mol. The summed E-state index contributed by atoms with van der Waals surface area (Å²) in [5.41, 5.74) is 1.18. The van der Waals surface area contributed by atoms with Gasteiger partial charge in [0, 0.05) is 25.2 Å². The van der Waals surface area contributed by atoms with Gasteiger partial charge in [-0.2, -0.15) is 0 Å². The molecule has 0 bridgehead atoms. The maximum absolute atomic E-state index is 12.0. The Morgan fingerprint density at radius 3 is 3.12 bits per heavy atom. The first-order valence-electron chi connectivity index (χ1n) is 4.96. The molecule has 88 valence electrons. The second-order valence-corrected chi connectivity index (χ2v) is 7.05. The zero-order chi connectivity index (χ0) is 11.5. The van der Waals surface area contributed by atoms with Gasteiger partial charge in [-0.05, 0) is 32.9 Å². The molecule has 0 spiro atoms. The number of likely N-dealkylation sites (N-methyl/N-ethyl adjacent to an activating group) is 1. The Hall–Kier alpha value is -0.0400. The standard InChI is InChI=1S/C10H13BrN2OS2/c1-13(3-7-2-9(11)16-4-7)10(14)8-5-15-6-12-8/h2,4,8,12H,3,5-6H2,1H3. The second-order valence-electron chi connectivity index (χ2n) is 3.73. The highest BCUT2D eigenvalue weighted by Gasteiger charge is 2.25. The van der Waals surface area contributed by atoms with E-state index in [4.69, 9.17) is 0 Å². The fourth-order valence-corrected chi connectivity index (χ4v) is 3.73. The minimum atomic E-state index is -0.00271. The molecule has 2 rings (SSSR count). The maximum Gasteiger partial charge on any atom is 0.240 e. The van der Waals surface area contributed by atoms with E-state index >= 15 is 0 Å². The molecule has 1 aromatic rings. The lowest BCUT2D eigenvalue weighted by molar-refractivity contribution is -0.131. The smallest absolute Gasteiger partial charge is 0.240 e. The highest BCUT2D eigenvalue weighted by molar-refractivity contribution is 9.11. The van der Waals surface area contributed by atoms with Crippen LogP contribution in [0, 0.1) is 0 Å². The molecule has 0 radical (unpaired) electrons. The zero-order valence-corrected chi connectivity index (χ0v) is 12.1. The third kappa shape index (κ3) is 3.00. The lowest BCUT2D eigenvalue weighted by atomic mass is 10.2. The summed E-state index contributed by atoms with van der Waals surface area (Å²) in [6.07, 6.45) is 0. The maximum atomic E-state index is 12.0. The van der Waals surface area contributed by atoms with E-state index < -0.39 is 0 Å². The molecule has 2 heterocycles. The van der Waals surface area contributed by atoms with Crippen molar-refractivity contribution in [1.29, 1.82) is 0 Å². The third-order valence-corrected chi connectivity index (χ3v) is 4.93. The first-order valence-corrected chi connectivity index (χ1v) is 7.78. The molecule has 0 aliphatic carbocycles. The van der Waals surface area contributed by atoms with Crippen molar-refractivity contribution in [3.05, 3.63) is 20.8 Å². The summed E-state index contributed by atoms with van der Waals surface area (Å²) in [5, 5.41) is 5.27. The van der Waals surface area contributed by atoms with Crippen LogP contribution >= 0.6 is 39.0 Å². The quantitative estimate of drug-likeness (QED) is 0.926. The molecular weight excluding hydrogens is 308 g/mol. The first-order chi connectivity index (χ1) is 7.66. The van der Waals surface area contributed by atoms with Crippen LogP contribution in [0.3, 0.4) is 0 Å². The van der Waals surface area contributed by atoms with Crippen molar-refractivity contribution >= 4 is 44.9 Å². The summed E-state index contributed by atoms with van der Waals surface area (Å²) in [5.74, 6) is 1.96. The van der Waals surface area contributed by atoms with Gasteiger partial charge >= 0.3 is 0 Å². The fourth-order valence-electron chi connectivity index (χ4n) is 1.60. The summed E-state index contributed by atoms with van der Waals surface area (Å²) in [6.45, 7) is 0.684. The normalized spacial score (nSPS) is 20.0. The predicted octanol–water partition coefficient (Wildman–Crippen LogP) is 2.13.